The van der Waals surface area contributed by atoms with Crippen LogP contribution in [-0.4, -0.2) is 17.5 Å². The lowest BCUT2D eigenvalue weighted by molar-refractivity contribution is 0.505. The third-order valence-electron chi connectivity index (χ3n) is 3.42. The molecule has 0 radical (unpaired) electrons. The highest BCUT2D eigenvalue weighted by molar-refractivity contribution is 7.99. The molecule has 0 aliphatic carbocycles. The Labute approximate surface area is 112 Å². The molecule has 0 spiro atoms. The minimum Gasteiger partial charge on any atom is -0.460 e. The summed E-state index contributed by atoms with van der Waals surface area (Å²) in [6.07, 6.45) is 4.15. The maximum atomic E-state index is 5.79. The summed E-state index contributed by atoms with van der Waals surface area (Å²) in [7, 11) is 0. The van der Waals surface area contributed by atoms with Gasteiger partial charge in [0.15, 0.2) is 0 Å². The summed E-state index contributed by atoms with van der Waals surface area (Å²) in [6, 6.07) is 10.3. The molecule has 0 saturated carbocycles. The second-order valence-electron chi connectivity index (χ2n) is 4.87. The number of furan rings is 1. The lowest BCUT2D eigenvalue weighted by Crippen LogP contribution is -2.26. The first kappa shape index (κ1) is 12.1. The van der Waals surface area contributed by atoms with Gasteiger partial charge in [-0.3, -0.25) is 0 Å². The molecule has 3 rings (SSSR count). The van der Waals surface area contributed by atoms with Gasteiger partial charge in [0, 0.05) is 17.2 Å². The number of hydrogen-bond donors (Lipinski definition) is 1. The van der Waals surface area contributed by atoms with Gasteiger partial charge in [-0.05, 0) is 30.7 Å². The summed E-state index contributed by atoms with van der Waals surface area (Å²) in [5.41, 5.74) is 0.987. The largest absolute Gasteiger partial charge is 0.460 e. The average Bonchev–Trinajstić information content (AvgIpc) is 2.82. The van der Waals surface area contributed by atoms with E-state index < -0.39 is 0 Å². The first-order valence-electron chi connectivity index (χ1n) is 6.71. The quantitative estimate of drug-likeness (QED) is 0.906. The van der Waals surface area contributed by atoms with Crippen molar-refractivity contribution < 1.29 is 4.42 Å². The van der Waals surface area contributed by atoms with Gasteiger partial charge in [0.05, 0.1) is 6.54 Å². The minimum atomic E-state index is 0.795. The van der Waals surface area contributed by atoms with Crippen LogP contribution < -0.4 is 5.32 Å². The van der Waals surface area contributed by atoms with Crippen molar-refractivity contribution in [2.45, 2.75) is 31.1 Å². The van der Waals surface area contributed by atoms with Gasteiger partial charge < -0.3 is 9.73 Å². The van der Waals surface area contributed by atoms with Crippen molar-refractivity contribution in [1.29, 1.82) is 0 Å². The predicted molar refractivity (Wildman–Crippen MR) is 78.0 cm³/mol. The van der Waals surface area contributed by atoms with Gasteiger partial charge in [0.25, 0.3) is 0 Å². The van der Waals surface area contributed by atoms with Crippen LogP contribution in [0.4, 0.5) is 0 Å². The second kappa shape index (κ2) is 5.81. The molecule has 18 heavy (non-hydrogen) atoms. The van der Waals surface area contributed by atoms with Crippen LogP contribution in [0.2, 0.25) is 0 Å². The van der Waals surface area contributed by atoms with Gasteiger partial charge in [-0.1, -0.05) is 24.6 Å². The minimum absolute atomic E-state index is 0.795. The van der Waals surface area contributed by atoms with Crippen LogP contribution in [0.5, 0.6) is 0 Å². The molecule has 1 aliphatic heterocycles. The summed E-state index contributed by atoms with van der Waals surface area (Å²) < 4.78 is 5.79. The van der Waals surface area contributed by atoms with Gasteiger partial charge >= 0.3 is 0 Å². The molecule has 1 aromatic carbocycles. The van der Waals surface area contributed by atoms with Crippen molar-refractivity contribution in [3.05, 3.63) is 36.1 Å². The molecule has 2 aromatic rings. The zero-order valence-electron chi connectivity index (χ0n) is 10.5. The van der Waals surface area contributed by atoms with Crippen molar-refractivity contribution in [1.82, 2.24) is 5.32 Å². The first-order chi connectivity index (χ1) is 8.92. The second-order valence-corrected chi connectivity index (χ2v) is 6.28. The molecule has 1 saturated heterocycles. The zero-order chi connectivity index (χ0) is 12.2. The molecular weight excluding hydrogens is 242 g/mol. The Morgan fingerprint density at radius 1 is 1.28 bits per heavy atom. The fourth-order valence-electron chi connectivity index (χ4n) is 2.45. The molecule has 1 fully saturated rings. The van der Waals surface area contributed by atoms with Crippen molar-refractivity contribution >= 4 is 22.7 Å². The summed E-state index contributed by atoms with van der Waals surface area (Å²) in [6.45, 7) is 1.94. The summed E-state index contributed by atoms with van der Waals surface area (Å²) in [4.78, 5) is 0. The van der Waals surface area contributed by atoms with Crippen molar-refractivity contribution in [2.24, 2.45) is 0 Å². The van der Waals surface area contributed by atoms with E-state index >= 15 is 0 Å². The lowest BCUT2D eigenvalue weighted by Gasteiger charge is -2.21. The monoisotopic (exact) mass is 261 g/mol. The number of rotatable bonds is 4. The molecule has 1 N–H and O–H groups in total. The molecular formula is C15H19NOS. The molecule has 1 aliphatic rings. The van der Waals surface area contributed by atoms with Crippen LogP contribution in [0.15, 0.2) is 34.7 Å². The average molecular weight is 261 g/mol. The SMILES string of the molecule is c1ccc2oc(CNCC3CCCCS3)cc2c1. The van der Waals surface area contributed by atoms with Crippen LogP contribution in [-0.2, 0) is 6.54 Å². The van der Waals surface area contributed by atoms with E-state index in [9.17, 15) is 0 Å². The number of thioether (sulfide) groups is 1. The van der Waals surface area contributed by atoms with E-state index in [4.69, 9.17) is 4.42 Å². The van der Waals surface area contributed by atoms with Gasteiger partial charge in [0.1, 0.15) is 11.3 Å². The number of para-hydroxylation sites is 1. The maximum Gasteiger partial charge on any atom is 0.134 e. The fourth-order valence-corrected chi connectivity index (χ4v) is 3.72. The highest BCUT2D eigenvalue weighted by atomic mass is 32.2. The lowest BCUT2D eigenvalue weighted by atomic mass is 10.2. The molecule has 3 heteroatoms. The van der Waals surface area contributed by atoms with E-state index in [0.717, 1.165) is 29.7 Å². The molecule has 0 bridgehead atoms. The number of benzene rings is 1. The standard InChI is InChI=1S/C15H19NOS/c1-2-7-15-12(5-1)9-13(17-15)10-16-11-14-6-3-4-8-18-14/h1-2,5,7,9,14,16H,3-4,6,8,10-11H2. The Morgan fingerprint density at radius 3 is 3.06 bits per heavy atom. The van der Waals surface area contributed by atoms with Crippen LogP contribution in [0.25, 0.3) is 11.0 Å². The topological polar surface area (TPSA) is 25.2 Å². The van der Waals surface area contributed by atoms with E-state index in [-0.39, 0.29) is 0 Å². The van der Waals surface area contributed by atoms with Gasteiger partial charge in [-0.2, -0.15) is 11.8 Å². The van der Waals surface area contributed by atoms with Crippen LogP contribution in [0.1, 0.15) is 25.0 Å². The first-order valence-corrected chi connectivity index (χ1v) is 7.76. The summed E-state index contributed by atoms with van der Waals surface area (Å²) >= 11 is 2.11. The van der Waals surface area contributed by atoms with Gasteiger partial charge in [-0.25, -0.2) is 0 Å². The highest BCUT2D eigenvalue weighted by Gasteiger charge is 2.13. The van der Waals surface area contributed by atoms with E-state index in [1.165, 1.54) is 30.4 Å². The van der Waals surface area contributed by atoms with Crippen molar-refractivity contribution in [3.63, 3.8) is 0 Å². The van der Waals surface area contributed by atoms with Crippen molar-refractivity contribution in [3.8, 4) is 0 Å². The van der Waals surface area contributed by atoms with Gasteiger partial charge in [-0.15, -0.1) is 0 Å². The van der Waals surface area contributed by atoms with E-state index in [1.807, 2.05) is 18.2 Å². The summed E-state index contributed by atoms with van der Waals surface area (Å²) in [5, 5.41) is 5.51. The van der Waals surface area contributed by atoms with Crippen LogP contribution in [0.3, 0.4) is 0 Å². The van der Waals surface area contributed by atoms with Crippen LogP contribution in [0, 0.1) is 0 Å². The van der Waals surface area contributed by atoms with Gasteiger partial charge in [0.2, 0.25) is 0 Å². The highest BCUT2D eigenvalue weighted by Crippen LogP contribution is 2.24. The molecule has 0 amide bonds. The smallest absolute Gasteiger partial charge is 0.134 e. The van der Waals surface area contributed by atoms with Crippen LogP contribution >= 0.6 is 11.8 Å². The fraction of sp³-hybridized carbons (Fsp3) is 0.467. The normalized spacial score (nSPS) is 20.3. The zero-order valence-corrected chi connectivity index (χ0v) is 11.3. The van der Waals surface area contributed by atoms with E-state index in [1.54, 1.807) is 0 Å². The third-order valence-corrected chi connectivity index (χ3v) is 4.82. The third kappa shape index (κ3) is 2.90. The molecule has 1 aromatic heterocycles. The van der Waals surface area contributed by atoms with E-state index in [0.29, 0.717) is 0 Å². The Morgan fingerprint density at radius 2 is 2.22 bits per heavy atom. The Kier molecular flexibility index (Phi) is 3.91. The van der Waals surface area contributed by atoms with E-state index in [2.05, 4.69) is 29.2 Å². The summed E-state index contributed by atoms with van der Waals surface area (Å²) in [5.74, 6) is 2.37. The Balaban J connectivity index is 1.53. The number of fused-ring (bicyclic) bond motifs is 1. The Bertz CT molecular complexity index is 469. The number of nitrogens with one attached hydrogen (secondary N) is 1. The molecule has 1 atom stereocenters. The predicted octanol–water partition coefficient (Wildman–Crippen LogP) is 3.81. The molecule has 96 valence electrons. The molecule has 2 nitrogen and oxygen atoms in total. The molecule has 2 heterocycles. The Hall–Kier alpha value is -0.930. The number of hydrogen-bond acceptors (Lipinski definition) is 3. The van der Waals surface area contributed by atoms with Crippen molar-refractivity contribution in [2.75, 3.05) is 12.3 Å². The molecule has 1 unspecified atom stereocenters. The maximum absolute atomic E-state index is 5.79.